The van der Waals surface area contributed by atoms with Gasteiger partial charge in [-0.1, -0.05) is 5.75 Å². The minimum Gasteiger partial charge on any atom is -0.872 e. The number of rotatable bonds is 4. The molecule has 120 valence electrons. The van der Waals surface area contributed by atoms with E-state index in [1.165, 1.54) is 17.4 Å². The van der Waals surface area contributed by atoms with Gasteiger partial charge in [0.2, 0.25) is 0 Å². The summed E-state index contributed by atoms with van der Waals surface area (Å²) in [6, 6.07) is 5.30. The van der Waals surface area contributed by atoms with E-state index < -0.39 is 0 Å². The summed E-state index contributed by atoms with van der Waals surface area (Å²) in [5.41, 5.74) is 1.83. The van der Waals surface area contributed by atoms with E-state index in [9.17, 15) is 5.11 Å². The number of nitrogens with zero attached hydrogens (tertiary/aromatic N) is 2. The molecule has 8 heteroatoms. The minimum atomic E-state index is -0.0836. The molecule has 0 bridgehead atoms. The third kappa shape index (κ3) is 4.12. The first-order valence-electron chi connectivity index (χ1n) is 7.06. The van der Waals surface area contributed by atoms with Crippen LogP contribution in [0.3, 0.4) is 0 Å². The Labute approximate surface area is 195 Å². The van der Waals surface area contributed by atoms with Crippen molar-refractivity contribution in [1.29, 1.82) is 0 Å². The van der Waals surface area contributed by atoms with Gasteiger partial charge in [-0.2, -0.15) is 0 Å². The number of aromatic nitrogens is 2. The molecule has 3 rings (SSSR count). The molecular formula is C16H15BrKN3O2S. The van der Waals surface area contributed by atoms with E-state index >= 15 is 0 Å². The third-order valence-electron chi connectivity index (χ3n) is 3.24. The molecule has 5 nitrogen and oxygen atoms in total. The first kappa shape index (κ1) is 20.1. The molecule has 0 spiro atoms. The normalized spacial score (nSPS) is 10.7. The standard InChI is InChI=1S/C16H16BrN3O2S.K/c1-8(2)18-16-20-11(7-23-16)10-6-12(21)9-4-5-13(22-3)14(17)15(9)19-10;/h4-8H,1-3H3,(H,18,20)(H,19,21);/q;+1/p-1. The first-order valence-corrected chi connectivity index (χ1v) is 8.73. The van der Waals surface area contributed by atoms with Crippen molar-refractivity contribution in [3.63, 3.8) is 0 Å². The maximum absolute atomic E-state index is 12.4. The molecule has 0 aliphatic rings. The van der Waals surface area contributed by atoms with Gasteiger partial charge in [-0.3, -0.25) is 0 Å². The van der Waals surface area contributed by atoms with E-state index in [1.54, 1.807) is 19.2 Å². The second-order valence-corrected chi connectivity index (χ2v) is 6.97. The SMILES string of the molecule is COc1ccc2c([O-])cc(-c3csc(NC(C)C)n3)nc2c1Br.[K+]. The molecule has 1 aromatic carbocycles. The van der Waals surface area contributed by atoms with E-state index in [0.29, 0.717) is 38.6 Å². The summed E-state index contributed by atoms with van der Waals surface area (Å²) in [6.45, 7) is 4.10. The predicted octanol–water partition coefficient (Wildman–Crippen LogP) is 1.03. The fourth-order valence-electron chi connectivity index (χ4n) is 2.20. The summed E-state index contributed by atoms with van der Waals surface area (Å²) in [5, 5.41) is 18.9. The monoisotopic (exact) mass is 431 g/mol. The van der Waals surface area contributed by atoms with Crippen LogP contribution < -0.4 is 66.5 Å². The smallest absolute Gasteiger partial charge is 0.872 e. The van der Waals surface area contributed by atoms with Crippen molar-refractivity contribution in [3.8, 4) is 22.9 Å². The van der Waals surface area contributed by atoms with Crippen LogP contribution in [-0.2, 0) is 0 Å². The van der Waals surface area contributed by atoms with Crippen molar-refractivity contribution in [2.75, 3.05) is 12.4 Å². The Bertz CT molecular complexity index is 870. The summed E-state index contributed by atoms with van der Waals surface area (Å²) in [5.74, 6) is 0.557. The molecule has 2 heterocycles. The van der Waals surface area contributed by atoms with Crippen molar-refractivity contribution in [2.45, 2.75) is 19.9 Å². The van der Waals surface area contributed by atoms with Crippen LogP contribution in [0.4, 0.5) is 5.13 Å². The topological polar surface area (TPSA) is 70.1 Å². The van der Waals surface area contributed by atoms with Gasteiger partial charge in [0.25, 0.3) is 0 Å². The summed E-state index contributed by atoms with van der Waals surface area (Å²) in [4.78, 5) is 9.10. The molecule has 2 aromatic heterocycles. The molecule has 0 unspecified atom stereocenters. The van der Waals surface area contributed by atoms with Crippen molar-refractivity contribution >= 4 is 43.3 Å². The van der Waals surface area contributed by atoms with E-state index in [2.05, 4.69) is 45.1 Å². The number of benzene rings is 1. The number of hydrogen-bond acceptors (Lipinski definition) is 6. The first-order chi connectivity index (χ1) is 11.0. The minimum absolute atomic E-state index is 0. The zero-order valence-corrected chi connectivity index (χ0v) is 19.4. The average molecular weight is 432 g/mol. The van der Waals surface area contributed by atoms with Gasteiger partial charge < -0.3 is 15.2 Å². The van der Waals surface area contributed by atoms with Crippen molar-refractivity contribution in [1.82, 2.24) is 9.97 Å². The molecule has 0 saturated heterocycles. The summed E-state index contributed by atoms with van der Waals surface area (Å²) in [6.07, 6.45) is 0. The molecule has 24 heavy (non-hydrogen) atoms. The summed E-state index contributed by atoms with van der Waals surface area (Å²) >= 11 is 4.96. The molecule has 0 amide bonds. The fraction of sp³-hybridized carbons (Fsp3) is 0.250. The molecular weight excluding hydrogens is 417 g/mol. The van der Waals surface area contributed by atoms with Gasteiger partial charge in [0.1, 0.15) is 11.4 Å². The summed E-state index contributed by atoms with van der Waals surface area (Å²) in [7, 11) is 1.58. The van der Waals surface area contributed by atoms with Crippen LogP contribution in [0.15, 0.2) is 28.1 Å². The Morgan fingerprint density at radius 2 is 2.00 bits per heavy atom. The van der Waals surface area contributed by atoms with Crippen LogP contribution in [0.5, 0.6) is 11.5 Å². The van der Waals surface area contributed by atoms with Crippen molar-refractivity contribution in [2.24, 2.45) is 0 Å². The van der Waals surface area contributed by atoms with Gasteiger partial charge in [0, 0.05) is 11.4 Å². The van der Waals surface area contributed by atoms with Crippen molar-refractivity contribution < 1.29 is 61.2 Å². The zero-order chi connectivity index (χ0) is 16.6. The van der Waals surface area contributed by atoms with Gasteiger partial charge in [0.15, 0.2) is 5.13 Å². The molecule has 3 aromatic rings. The number of halogens is 1. The van der Waals surface area contributed by atoms with Crippen LogP contribution in [0.2, 0.25) is 0 Å². The summed E-state index contributed by atoms with van der Waals surface area (Å²) < 4.78 is 5.95. The van der Waals surface area contributed by atoms with Gasteiger partial charge in [0.05, 0.1) is 22.8 Å². The van der Waals surface area contributed by atoms with Crippen LogP contribution in [0, 0.1) is 0 Å². The number of nitrogens with one attached hydrogen (secondary N) is 1. The Balaban J connectivity index is 0.00000208. The van der Waals surface area contributed by atoms with E-state index in [4.69, 9.17) is 4.74 Å². The van der Waals surface area contributed by atoms with Crippen LogP contribution >= 0.6 is 27.3 Å². The van der Waals surface area contributed by atoms with Gasteiger partial charge in [-0.05, 0) is 53.4 Å². The van der Waals surface area contributed by atoms with Crippen LogP contribution in [-0.4, -0.2) is 23.1 Å². The Hall–Kier alpha value is -0.224. The second-order valence-electron chi connectivity index (χ2n) is 5.32. The molecule has 0 aliphatic carbocycles. The molecule has 0 fully saturated rings. The fourth-order valence-corrected chi connectivity index (χ4v) is 3.65. The van der Waals surface area contributed by atoms with Gasteiger partial charge in [-0.15, -0.1) is 11.3 Å². The number of ether oxygens (including phenoxy) is 1. The molecule has 0 atom stereocenters. The number of anilines is 1. The predicted molar refractivity (Wildman–Crippen MR) is 95.3 cm³/mol. The number of fused-ring (bicyclic) bond motifs is 1. The van der Waals surface area contributed by atoms with Gasteiger partial charge in [-0.25, -0.2) is 9.97 Å². The largest absolute Gasteiger partial charge is 1.00 e. The molecule has 1 N–H and O–H groups in total. The Kier molecular flexibility index (Phi) is 7.06. The van der Waals surface area contributed by atoms with Crippen LogP contribution in [0.25, 0.3) is 22.3 Å². The zero-order valence-electron chi connectivity index (χ0n) is 13.9. The van der Waals surface area contributed by atoms with Crippen molar-refractivity contribution in [3.05, 3.63) is 28.1 Å². The second kappa shape index (κ2) is 8.44. The Morgan fingerprint density at radius 1 is 1.25 bits per heavy atom. The maximum Gasteiger partial charge on any atom is 1.00 e. The van der Waals surface area contributed by atoms with Gasteiger partial charge >= 0.3 is 51.4 Å². The molecule has 0 saturated carbocycles. The average Bonchev–Trinajstić information content (AvgIpc) is 2.96. The molecule has 0 aliphatic heterocycles. The number of methoxy groups -OCH3 is 1. The maximum atomic E-state index is 12.4. The Morgan fingerprint density at radius 3 is 2.67 bits per heavy atom. The number of thiazole rings is 1. The number of hydrogen-bond donors (Lipinski definition) is 1. The van der Waals surface area contributed by atoms with E-state index in [1.807, 2.05) is 5.38 Å². The van der Waals surface area contributed by atoms with E-state index in [0.717, 1.165) is 5.13 Å². The number of pyridine rings is 1. The molecule has 0 radical (unpaired) electrons. The third-order valence-corrected chi connectivity index (χ3v) is 4.78. The van der Waals surface area contributed by atoms with E-state index in [-0.39, 0.29) is 57.1 Å². The quantitative estimate of drug-likeness (QED) is 0.624. The van der Waals surface area contributed by atoms with Crippen LogP contribution in [0.1, 0.15) is 13.8 Å².